The minimum atomic E-state index is -4.55. The average Bonchev–Trinajstić information content (AvgIpc) is 2.75. The van der Waals surface area contributed by atoms with Gasteiger partial charge in [-0.3, -0.25) is 4.57 Å². The van der Waals surface area contributed by atoms with Gasteiger partial charge in [-0.1, -0.05) is 95.4 Å². The predicted molar refractivity (Wildman–Crippen MR) is 152 cm³/mol. The van der Waals surface area contributed by atoms with Crippen LogP contribution in [-0.2, 0) is 4.57 Å². The Morgan fingerprint density at radius 2 is 0.971 bits per heavy atom. The van der Waals surface area contributed by atoms with E-state index in [2.05, 4.69) is 31.2 Å². The normalized spacial score (nSPS) is 14.8. The maximum absolute atomic E-state index is 11.8. The molecule has 3 N–H and O–H groups in total. The van der Waals surface area contributed by atoms with E-state index < -0.39 is 12.9 Å². The SMILES string of the molecule is CCCC/C=C\CCCCCCCCCC/C=C\CCCCCCC(O)(C[N+](C)(C)C)P(=O)(O)O. The average molecular weight is 517 g/mol. The van der Waals surface area contributed by atoms with E-state index in [1.807, 2.05) is 21.1 Å². The van der Waals surface area contributed by atoms with Gasteiger partial charge in [0.15, 0.2) is 0 Å². The first kappa shape index (κ1) is 34.6. The molecule has 0 heterocycles. The number of likely N-dealkylation sites (N-methyl/N-ethyl adjacent to an activating group) is 1. The van der Waals surface area contributed by atoms with E-state index in [9.17, 15) is 19.5 Å². The summed E-state index contributed by atoms with van der Waals surface area (Å²) < 4.78 is 12.1. The molecule has 208 valence electrons. The summed E-state index contributed by atoms with van der Waals surface area (Å²) >= 11 is 0. The van der Waals surface area contributed by atoms with Crippen molar-refractivity contribution in [2.45, 2.75) is 134 Å². The number of aliphatic hydroxyl groups is 1. The lowest BCUT2D eigenvalue weighted by Crippen LogP contribution is -2.49. The molecule has 0 aliphatic heterocycles. The summed E-state index contributed by atoms with van der Waals surface area (Å²) in [5.74, 6) is 0. The van der Waals surface area contributed by atoms with Crippen LogP contribution >= 0.6 is 7.60 Å². The van der Waals surface area contributed by atoms with Crippen LogP contribution in [0.2, 0.25) is 0 Å². The zero-order valence-electron chi connectivity index (χ0n) is 23.6. The van der Waals surface area contributed by atoms with Crippen LogP contribution in [0.4, 0.5) is 0 Å². The maximum Gasteiger partial charge on any atom is 0.362 e. The summed E-state index contributed by atoms with van der Waals surface area (Å²) in [5.41, 5.74) is 0. The van der Waals surface area contributed by atoms with Gasteiger partial charge in [-0.25, -0.2) is 0 Å². The Balaban J connectivity index is 3.57. The molecule has 0 aromatic rings. The number of allylic oxidation sites excluding steroid dienone is 4. The minimum Gasteiger partial charge on any atom is -0.373 e. The summed E-state index contributed by atoms with van der Waals surface area (Å²) in [6.45, 7) is 2.30. The highest BCUT2D eigenvalue weighted by molar-refractivity contribution is 7.53. The third-order valence-corrected chi connectivity index (χ3v) is 7.97. The molecule has 6 heteroatoms. The fourth-order valence-electron chi connectivity index (χ4n) is 4.48. The van der Waals surface area contributed by atoms with Crippen molar-refractivity contribution < 1.29 is 23.9 Å². The highest BCUT2D eigenvalue weighted by Crippen LogP contribution is 2.52. The van der Waals surface area contributed by atoms with Gasteiger partial charge in [-0.15, -0.1) is 0 Å². The molecule has 1 atom stereocenters. The molecule has 0 saturated heterocycles. The molecule has 0 radical (unpaired) electrons. The van der Waals surface area contributed by atoms with Gasteiger partial charge < -0.3 is 19.4 Å². The zero-order valence-corrected chi connectivity index (χ0v) is 24.5. The van der Waals surface area contributed by atoms with Gasteiger partial charge in [0.05, 0.1) is 21.1 Å². The fraction of sp³-hybridized carbons (Fsp3) is 0.862. The Bertz CT molecular complexity index is 594. The smallest absolute Gasteiger partial charge is 0.362 e. The van der Waals surface area contributed by atoms with Crippen molar-refractivity contribution in [2.75, 3.05) is 27.7 Å². The van der Waals surface area contributed by atoms with Gasteiger partial charge in [0.2, 0.25) is 5.34 Å². The van der Waals surface area contributed by atoms with Crippen LogP contribution in [0.3, 0.4) is 0 Å². The lowest BCUT2D eigenvalue weighted by molar-refractivity contribution is -0.875. The van der Waals surface area contributed by atoms with Gasteiger partial charge in [0.1, 0.15) is 6.54 Å². The molecule has 0 fully saturated rings. The van der Waals surface area contributed by atoms with E-state index >= 15 is 0 Å². The first-order valence-corrected chi connectivity index (χ1v) is 16.0. The van der Waals surface area contributed by atoms with Crippen LogP contribution in [-0.4, -0.2) is 52.4 Å². The summed E-state index contributed by atoms with van der Waals surface area (Å²) in [4.78, 5) is 19.2. The predicted octanol–water partition coefficient (Wildman–Crippen LogP) is 8.10. The lowest BCUT2D eigenvalue weighted by atomic mass is 10.1. The monoisotopic (exact) mass is 516 g/mol. The second kappa shape index (κ2) is 20.6. The van der Waals surface area contributed by atoms with E-state index in [0.29, 0.717) is 10.9 Å². The van der Waals surface area contributed by atoms with Crippen LogP contribution in [0.5, 0.6) is 0 Å². The molecular weight excluding hydrogens is 457 g/mol. The summed E-state index contributed by atoms with van der Waals surface area (Å²) in [5, 5.41) is 8.64. The van der Waals surface area contributed by atoms with Crippen molar-refractivity contribution in [1.82, 2.24) is 0 Å². The molecule has 0 saturated carbocycles. The highest BCUT2D eigenvalue weighted by Gasteiger charge is 2.48. The number of rotatable bonds is 24. The van der Waals surface area contributed by atoms with Crippen LogP contribution < -0.4 is 0 Å². The van der Waals surface area contributed by atoms with Crippen molar-refractivity contribution in [2.24, 2.45) is 0 Å². The molecule has 5 nitrogen and oxygen atoms in total. The van der Waals surface area contributed by atoms with Crippen LogP contribution in [0, 0.1) is 0 Å². The van der Waals surface area contributed by atoms with Crippen molar-refractivity contribution in [3.63, 3.8) is 0 Å². The number of unbranched alkanes of at least 4 members (excludes halogenated alkanes) is 15. The molecule has 0 bridgehead atoms. The largest absolute Gasteiger partial charge is 0.373 e. The zero-order chi connectivity index (χ0) is 26.5. The number of nitrogens with zero attached hydrogens (tertiary/aromatic N) is 1. The van der Waals surface area contributed by atoms with Crippen LogP contribution in [0.15, 0.2) is 24.3 Å². The molecule has 0 aliphatic carbocycles. The topological polar surface area (TPSA) is 77.8 Å². The van der Waals surface area contributed by atoms with Gasteiger partial charge in [-0.05, 0) is 57.8 Å². The molecule has 0 aliphatic rings. The van der Waals surface area contributed by atoms with Crippen molar-refractivity contribution >= 4 is 7.60 Å². The molecule has 0 aromatic heterocycles. The Labute approximate surface area is 217 Å². The first-order chi connectivity index (χ1) is 16.5. The standard InChI is InChI=1S/C29H58NO4P/c1-5-6-7-8-9-10-11-12-13-14-15-16-17-18-19-20-21-22-23-24-25-26-27-29(31,35(32,33)34)28-30(2,3)4/h8-9,20-21,31H,5-7,10-19,22-28H2,1-4H3,(H-,32,33,34)/p+1/b9-8-,21-20-. The van der Waals surface area contributed by atoms with Crippen molar-refractivity contribution in [1.29, 1.82) is 0 Å². The third kappa shape index (κ3) is 21.4. The maximum atomic E-state index is 11.8. The van der Waals surface area contributed by atoms with E-state index in [1.54, 1.807) is 0 Å². The quantitative estimate of drug-likeness (QED) is 0.0524. The summed E-state index contributed by atoms with van der Waals surface area (Å²) in [6, 6.07) is 0. The summed E-state index contributed by atoms with van der Waals surface area (Å²) in [6.07, 6.45) is 31.3. The molecule has 0 spiro atoms. The number of hydrogen-bond acceptors (Lipinski definition) is 2. The number of quaternary nitrogens is 1. The second-order valence-corrected chi connectivity index (χ2v) is 13.3. The third-order valence-electron chi connectivity index (χ3n) is 6.52. The van der Waals surface area contributed by atoms with Gasteiger partial charge in [0.25, 0.3) is 0 Å². The summed E-state index contributed by atoms with van der Waals surface area (Å²) in [7, 11) is 0.957. The Hall–Kier alpha value is -0.450. The minimum absolute atomic E-state index is 0.0527. The van der Waals surface area contributed by atoms with Gasteiger partial charge >= 0.3 is 7.60 Å². The molecule has 0 amide bonds. The highest BCUT2D eigenvalue weighted by atomic mass is 31.2. The van der Waals surface area contributed by atoms with Gasteiger partial charge in [-0.2, -0.15) is 0 Å². The molecule has 0 rings (SSSR count). The van der Waals surface area contributed by atoms with Crippen LogP contribution in [0.25, 0.3) is 0 Å². The first-order valence-electron chi connectivity index (χ1n) is 14.4. The van der Waals surface area contributed by atoms with E-state index in [0.717, 1.165) is 25.7 Å². The van der Waals surface area contributed by atoms with E-state index in [1.165, 1.54) is 83.5 Å². The molecular formula is C29H59NO4P+. The Kier molecular flexibility index (Phi) is 20.3. The second-order valence-electron chi connectivity index (χ2n) is 11.4. The molecule has 0 aromatic carbocycles. The molecule has 35 heavy (non-hydrogen) atoms. The number of hydrogen-bond donors (Lipinski definition) is 3. The Morgan fingerprint density at radius 3 is 1.31 bits per heavy atom. The van der Waals surface area contributed by atoms with Crippen LogP contribution in [0.1, 0.15) is 129 Å². The van der Waals surface area contributed by atoms with E-state index in [-0.39, 0.29) is 13.0 Å². The van der Waals surface area contributed by atoms with Crippen molar-refractivity contribution in [3.05, 3.63) is 24.3 Å². The molecule has 1 unspecified atom stereocenters. The Morgan fingerprint density at radius 1 is 0.629 bits per heavy atom. The van der Waals surface area contributed by atoms with E-state index in [4.69, 9.17) is 0 Å². The lowest BCUT2D eigenvalue weighted by Gasteiger charge is -2.35. The van der Waals surface area contributed by atoms with Crippen molar-refractivity contribution in [3.8, 4) is 0 Å². The fourth-order valence-corrected chi connectivity index (χ4v) is 5.54. The van der Waals surface area contributed by atoms with Gasteiger partial charge in [0, 0.05) is 0 Å².